The van der Waals surface area contributed by atoms with Crippen LogP contribution >= 0.6 is 0 Å². The van der Waals surface area contributed by atoms with E-state index in [0.29, 0.717) is 5.92 Å². The molecule has 1 aliphatic rings. The number of likely N-dealkylation sites (tertiary alicyclic amines) is 1. The molecule has 0 saturated carbocycles. The number of nitrogens with zero attached hydrogens (tertiary/aromatic N) is 1. The predicted octanol–water partition coefficient (Wildman–Crippen LogP) is 1.81. The number of benzene rings is 1. The van der Waals surface area contributed by atoms with Gasteiger partial charge in [-0.3, -0.25) is 0 Å². The number of hydrogen-bond donors (Lipinski definition) is 1. The Bertz CT molecular complexity index is 311. The molecule has 0 amide bonds. The summed E-state index contributed by atoms with van der Waals surface area (Å²) in [4.78, 5) is 2.33. The maximum atomic E-state index is 6.52. The van der Waals surface area contributed by atoms with Crippen LogP contribution in [0.2, 0.25) is 0 Å². The lowest BCUT2D eigenvalue weighted by atomic mass is 9.79. The van der Waals surface area contributed by atoms with Gasteiger partial charge in [0.1, 0.15) is 0 Å². The van der Waals surface area contributed by atoms with E-state index in [4.69, 9.17) is 5.73 Å². The fraction of sp³-hybridized carbons (Fsp3) is 0.538. The maximum Gasteiger partial charge on any atom is 0.0541 e. The Morgan fingerprint density at radius 1 is 1.33 bits per heavy atom. The molecule has 0 aliphatic carbocycles. The van der Waals surface area contributed by atoms with E-state index in [1.54, 1.807) is 0 Å². The Kier molecular flexibility index (Phi) is 2.81. The number of nitrogens with two attached hydrogens (primary N) is 1. The van der Waals surface area contributed by atoms with Gasteiger partial charge in [0, 0.05) is 13.1 Å². The molecule has 0 aromatic heterocycles. The van der Waals surface area contributed by atoms with Crippen molar-refractivity contribution in [2.45, 2.75) is 18.9 Å². The lowest BCUT2D eigenvalue weighted by molar-refractivity contribution is 0.134. The van der Waals surface area contributed by atoms with E-state index in [9.17, 15) is 0 Å². The van der Waals surface area contributed by atoms with Crippen LogP contribution in [0, 0.1) is 5.92 Å². The summed E-state index contributed by atoms with van der Waals surface area (Å²) in [7, 11) is 2.15. The minimum absolute atomic E-state index is 0.159. The van der Waals surface area contributed by atoms with Gasteiger partial charge in [-0.1, -0.05) is 37.3 Å². The standard InChI is InChI=1S/C13H20N2/c1-11-8-13(14,10-15(2)9-11)12-6-4-3-5-7-12/h3-7,11H,8-10,14H2,1-2H3/t11-,13-/m0/s1. The Morgan fingerprint density at radius 3 is 2.60 bits per heavy atom. The molecule has 1 fully saturated rings. The van der Waals surface area contributed by atoms with E-state index < -0.39 is 0 Å². The minimum atomic E-state index is -0.159. The summed E-state index contributed by atoms with van der Waals surface area (Å²) >= 11 is 0. The SMILES string of the molecule is C[C@@H]1CN(C)C[C@](N)(c2ccccc2)C1. The van der Waals surface area contributed by atoms with Crippen molar-refractivity contribution in [1.82, 2.24) is 4.90 Å². The number of hydrogen-bond acceptors (Lipinski definition) is 2. The van der Waals surface area contributed by atoms with Crippen molar-refractivity contribution in [3.8, 4) is 0 Å². The highest BCUT2D eigenvalue weighted by atomic mass is 15.1. The molecule has 0 radical (unpaired) electrons. The second-order valence-electron chi connectivity index (χ2n) is 5.03. The zero-order valence-corrected chi connectivity index (χ0v) is 9.61. The van der Waals surface area contributed by atoms with Gasteiger partial charge in [-0.15, -0.1) is 0 Å². The molecule has 2 rings (SSSR count). The van der Waals surface area contributed by atoms with Crippen molar-refractivity contribution in [3.63, 3.8) is 0 Å². The van der Waals surface area contributed by atoms with Crippen LogP contribution in [0.15, 0.2) is 30.3 Å². The highest BCUT2D eigenvalue weighted by Crippen LogP contribution is 2.31. The van der Waals surface area contributed by atoms with Crippen LogP contribution in [0.3, 0.4) is 0 Å². The summed E-state index contributed by atoms with van der Waals surface area (Å²) in [5.74, 6) is 0.675. The lowest BCUT2D eigenvalue weighted by Gasteiger charge is -2.42. The van der Waals surface area contributed by atoms with Gasteiger partial charge in [-0.25, -0.2) is 0 Å². The molecule has 1 heterocycles. The monoisotopic (exact) mass is 204 g/mol. The van der Waals surface area contributed by atoms with Crippen LogP contribution in [-0.4, -0.2) is 25.0 Å². The van der Waals surface area contributed by atoms with E-state index in [1.165, 1.54) is 5.56 Å². The van der Waals surface area contributed by atoms with Crippen LogP contribution in [-0.2, 0) is 5.54 Å². The normalized spacial score (nSPS) is 32.9. The zero-order valence-electron chi connectivity index (χ0n) is 9.61. The molecule has 2 N–H and O–H groups in total. The highest BCUT2D eigenvalue weighted by Gasteiger charge is 2.34. The van der Waals surface area contributed by atoms with Crippen molar-refractivity contribution in [2.75, 3.05) is 20.1 Å². The molecule has 1 aromatic carbocycles. The summed E-state index contributed by atoms with van der Waals surface area (Å²) in [5.41, 5.74) is 7.63. The van der Waals surface area contributed by atoms with Crippen LogP contribution in [0.25, 0.3) is 0 Å². The van der Waals surface area contributed by atoms with E-state index in [2.05, 4.69) is 43.1 Å². The van der Waals surface area contributed by atoms with Crippen molar-refractivity contribution >= 4 is 0 Å². The average Bonchev–Trinajstić information content (AvgIpc) is 2.17. The van der Waals surface area contributed by atoms with E-state index in [1.807, 2.05) is 6.07 Å². The van der Waals surface area contributed by atoms with Gasteiger partial charge in [0.15, 0.2) is 0 Å². The summed E-state index contributed by atoms with van der Waals surface area (Å²) < 4.78 is 0. The third-order valence-corrected chi connectivity index (χ3v) is 3.24. The van der Waals surface area contributed by atoms with Crippen LogP contribution in [0.1, 0.15) is 18.9 Å². The summed E-state index contributed by atoms with van der Waals surface area (Å²) in [6, 6.07) is 10.5. The number of rotatable bonds is 1. The molecule has 1 aliphatic heterocycles. The Labute approximate surface area is 92.1 Å². The highest BCUT2D eigenvalue weighted by molar-refractivity contribution is 5.25. The van der Waals surface area contributed by atoms with Gasteiger partial charge in [0.2, 0.25) is 0 Å². The third-order valence-electron chi connectivity index (χ3n) is 3.24. The number of likely N-dealkylation sites (N-methyl/N-ethyl adjacent to an activating group) is 1. The molecule has 1 aromatic rings. The van der Waals surface area contributed by atoms with Crippen molar-refractivity contribution in [3.05, 3.63) is 35.9 Å². The van der Waals surface area contributed by atoms with Crippen LogP contribution < -0.4 is 5.73 Å². The minimum Gasteiger partial charge on any atom is -0.320 e. The lowest BCUT2D eigenvalue weighted by Crippen LogP contribution is -2.53. The van der Waals surface area contributed by atoms with Gasteiger partial charge in [0.25, 0.3) is 0 Å². The fourth-order valence-corrected chi connectivity index (χ4v) is 2.81. The van der Waals surface area contributed by atoms with Crippen LogP contribution in [0.5, 0.6) is 0 Å². The molecular weight excluding hydrogens is 184 g/mol. The molecular formula is C13H20N2. The first-order valence-corrected chi connectivity index (χ1v) is 5.63. The maximum absolute atomic E-state index is 6.52. The Hall–Kier alpha value is -0.860. The van der Waals surface area contributed by atoms with E-state index >= 15 is 0 Å². The first-order chi connectivity index (χ1) is 7.10. The average molecular weight is 204 g/mol. The topological polar surface area (TPSA) is 29.3 Å². The summed E-state index contributed by atoms with van der Waals surface area (Å²) in [5, 5.41) is 0. The number of piperidine rings is 1. The fourth-order valence-electron chi connectivity index (χ4n) is 2.81. The Balaban J connectivity index is 2.26. The molecule has 0 unspecified atom stereocenters. The van der Waals surface area contributed by atoms with Gasteiger partial charge in [-0.2, -0.15) is 0 Å². The second kappa shape index (κ2) is 3.95. The summed E-state index contributed by atoms with van der Waals surface area (Å²) in [6.45, 7) is 4.40. The van der Waals surface area contributed by atoms with E-state index in [0.717, 1.165) is 19.5 Å². The van der Waals surface area contributed by atoms with Gasteiger partial charge < -0.3 is 10.6 Å². The van der Waals surface area contributed by atoms with Gasteiger partial charge in [0.05, 0.1) is 5.54 Å². The largest absolute Gasteiger partial charge is 0.320 e. The van der Waals surface area contributed by atoms with E-state index in [-0.39, 0.29) is 5.54 Å². The molecule has 2 atom stereocenters. The van der Waals surface area contributed by atoms with Gasteiger partial charge in [-0.05, 0) is 24.9 Å². The molecule has 2 nitrogen and oxygen atoms in total. The van der Waals surface area contributed by atoms with Crippen molar-refractivity contribution in [2.24, 2.45) is 11.7 Å². The third kappa shape index (κ3) is 2.21. The van der Waals surface area contributed by atoms with Gasteiger partial charge >= 0.3 is 0 Å². The van der Waals surface area contributed by atoms with Crippen molar-refractivity contribution in [1.29, 1.82) is 0 Å². The van der Waals surface area contributed by atoms with Crippen molar-refractivity contribution < 1.29 is 0 Å². The molecule has 82 valence electrons. The molecule has 15 heavy (non-hydrogen) atoms. The molecule has 0 bridgehead atoms. The van der Waals surface area contributed by atoms with Crippen LogP contribution in [0.4, 0.5) is 0 Å². The predicted molar refractivity (Wildman–Crippen MR) is 63.6 cm³/mol. The first kappa shape index (κ1) is 10.7. The summed E-state index contributed by atoms with van der Waals surface area (Å²) in [6.07, 6.45) is 1.08. The molecule has 1 saturated heterocycles. The zero-order chi connectivity index (χ0) is 10.9. The first-order valence-electron chi connectivity index (χ1n) is 5.63. The quantitative estimate of drug-likeness (QED) is 0.756. The molecule has 2 heteroatoms. The smallest absolute Gasteiger partial charge is 0.0541 e. The second-order valence-corrected chi connectivity index (χ2v) is 5.03. The molecule has 0 spiro atoms. The Morgan fingerprint density at radius 2 is 2.00 bits per heavy atom.